The summed E-state index contributed by atoms with van der Waals surface area (Å²) in [6.45, 7) is 0.900. The van der Waals surface area contributed by atoms with Gasteiger partial charge in [-0.1, -0.05) is 11.6 Å². The number of benzene rings is 1. The lowest BCUT2D eigenvalue weighted by atomic mass is 9.87. The molecule has 1 aliphatic carbocycles. The average molecular weight is 255 g/mol. The highest BCUT2D eigenvalue weighted by molar-refractivity contribution is 6.31. The Morgan fingerprint density at radius 1 is 1.29 bits per heavy atom. The van der Waals surface area contributed by atoms with Crippen LogP contribution in [0.5, 0.6) is 0 Å². The smallest absolute Gasteiger partial charge is 0.0588 e. The second-order valence-corrected chi connectivity index (χ2v) is 5.22. The molecule has 0 unspecified atom stereocenters. The molecule has 0 heterocycles. The summed E-state index contributed by atoms with van der Waals surface area (Å²) in [6.07, 6.45) is 3.89. The summed E-state index contributed by atoms with van der Waals surface area (Å²) in [5.41, 5.74) is 7.50. The standard InChI is InChI=1S/C13H19ClN2O/c14-10-3-6-12(15)13(7-10)16-8-9-1-4-11(17)5-2-9/h3,6-7,9,11,16-17H,1-2,4-5,8,15H2. The van der Waals surface area contributed by atoms with Crippen LogP contribution in [0, 0.1) is 5.92 Å². The van der Waals surface area contributed by atoms with E-state index in [9.17, 15) is 5.11 Å². The highest BCUT2D eigenvalue weighted by atomic mass is 35.5. The predicted molar refractivity (Wildman–Crippen MR) is 72.3 cm³/mol. The van der Waals surface area contributed by atoms with Gasteiger partial charge in [-0.15, -0.1) is 0 Å². The zero-order valence-corrected chi connectivity index (χ0v) is 10.6. The first kappa shape index (κ1) is 12.5. The van der Waals surface area contributed by atoms with Crippen LogP contribution in [0.25, 0.3) is 0 Å². The third-order valence-electron chi connectivity index (χ3n) is 3.41. The van der Waals surface area contributed by atoms with E-state index in [1.807, 2.05) is 12.1 Å². The fraction of sp³-hybridized carbons (Fsp3) is 0.538. The minimum absolute atomic E-state index is 0.0949. The van der Waals surface area contributed by atoms with E-state index in [1.54, 1.807) is 6.07 Å². The van der Waals surface area contributed by atoms with Gasteiger partial charge < -0.3 is 16.2 Å². The molecule has 0 bridgehead atoms. The molecular weight excluding hydrogens is 236 g/mol. The van der Waals surface area contributed by atoms with E-state index in [2.05, 4.69) is 5.32 Å². The van der Waals surface area contributed by atoms with E-state index in [4.69, 9.17) is 17.3 Å². The van der Waals surface area contributed by atoms with Crippen LogP contribution in [0.3, 0.4) is 0 Å². The lowest BCUT2D eigenvalue weighted by Gasteiger charge is -2.26. The van der Waals surface area contributed by atoms with Crippen molar-refractivity contribution in [3.05, 3.63) is 23.2 Å². The van der Waals surface area contributed by atoms with Gasteiger partial charge in [0, 0.05) is 11.6 Å². The Hall–Kier alpha value is -0.930. The number of aliphatic hydroxyl groups excluding tert-OH is 1. The molecule has 0 aromatic heterocycles. The van der Waals surface area contributed by atoms with Gasteiger partial charge in [-0.3, -0.25) is 0 Å². The van der Waals surface area contributed by atoms with E-state index in [1.165, 1.54) is 0 Å². The van der Waals surface area contributed by atoms with Gasteiger partial charge in [0.25, 0.3) is 0 Å². The minimum Gasteiger partial charge on any atom is -0.397 e. The summed E-state index contributed by atoms with van der Waals surface area (Å²) < 4.78 is 0. The third-order valence-corrected chi connectivity index (χ3v) is 3.65. The fourth-order valence-corrected chi connectivity index (χ4v) is 2.46. The van der Waals surface area contributed by atoms with Gasteiger partial charge in [-0.2, -0.15) is 0 Å². The summed E-state index contributed by atoms with van der Waals surface area (Å²) in [6, 6.07) is 5.46. The number of nitrogens with one attached hydrogen (secondary N) is 1. The molecule has 17 heavy (non-hydrogen) atoms. The highest BCUT2D eigenvalue weighted by Crippen LogP contribution is 2.27. The molecule has 1 fully saturated rings. The molecule has 0 spiro atoms. The normalized spacial score (nSPS) is 24.6. The van der Waals surface area contributed by atoms with Crippen molar-refractivity contribution in [1.29, 1.82) is 0 Å². The fourth-order valence-electron chi connectivity index (χ4n) is 2.28. The Kier molecular flexibility index (Phi) is 4.13. The van der Waals surface area contributed by atoms with Crippen molar-refractivity contribution >= 4 is 23.0 Å². The van der Waals surface area contributed by atoms with Crippen LogP contribution in [0.1, 0.15) is 25.7 Å². The van der Waals surface area contributed by atoms with Gasteiger partial charge >= 0.3 is 0 Å². The van der Waals surface area contributed by atoms with E-state index in [-0.39, 0.29) is 6.10 Å². The average Bonchev–Trinajstić information content (AvgIpc) is 2.32. The van der Waals surface area contributed by atoms with Gasteiger partial charge in [0.1, 0.15) is 0 Å². The Bertz CT molecular complexity index is 376. The number of aliphatic hydroxyl groups is 1. The summed E-state index contributed by atoms with van der Waals surface area (Å²) in [4.78, 5) is 0. The summed E-state index contributed by atoms with van der Waals surface area (Å²) in [7, 11) is 0. The largest absolute Gasteiger partial charge is 0.397 e. The van der Waals surface area contributed by atoms with E-state index < -0.39 is 0 Å². The molecule has 0 atom stereocenters. The van der Waals surface area contributed by atoms with E-state index in [0.29, 0.717) is 10.9 Å². The number of hydrogen-bond donors (Lipinski definition) is 3. The molecule has 2 rings (SSSR count). The first-order valence-electron chi connectivity index (χ1n) is 6.12. The second-order valence-electron chi connectivity index (χ2n) is 4.79. The van der Waals surface area contributed by atoms with Crippen LogP contribution in [0.15, 0.2) is 18.2 Å². The number of nitrogen functional groups attached to an aromatic ring is 1. The molecular formula is C13H19ClN2O. The Labute approximate surface area is 107 Å². The van der Waals surface area contributed by atoms with E-state index in [0.717, 1.165) is 43.6 Å². The van der Waals surface area contributed by atoms with Crippen LogP contribution in [0.2, 0.25) is 5.02 Å². The maximum Gasteiger partial charge on any atom is 0.0588 e. The van der Waals surface area contributed by atoms with Crippen LogP contribution in [-0.2, 0) is 0 Å². The molecule has 4 N–H and O–H groups in total. The number of anilines is 2. The maximum absolute atomic E-state index is 9.43. The molecule has 0 saturated heterocycles. The number of nitrogens with two attached hydrogens (primary N) is 1. The SMILES string of the molecule is Nc1ccc(Cl)cc1NCC1CCC(O)CC1. The summed E-state index contributed by atoms with van der Waals surface area (Å²) in [5, 5.41) is 13.5. The molecule has 0 amide bonds. The first-order chi connectivity index (χ1) is 8.15. The molecule has 1 aliphatic rings. The molecule has 0 radical (unpaired) electrons. The van der Waals surface area contributed by atoms with Crippen molar-refractivity contribution in [3.63, 3.8) is 0 Å². The molecule has 1 aromatic rings. The van der Waals surface area contributed by atoms with Crippen LogP contribution >= 0.6 is 11.6 Å². The number of rotatable bonds is 3. The van der Waals surface area contributed by atoms with Crippen LogP contribution in [0.4, 0.5) is 11.4 Å². The first-order valence-corrected chi connectivity index (χ1v) is 6.50. The summed E-state index contributed by atoms with van der Waals surface area (Å²) in [5.74, 6) is 0.622. The third kappa shape index (κ3) is 3.51. The zero-order chi connectivity index (χ0) is 12.3. The van der Waals surface area contributed by atoms with Gasteiger partial charge in [0.05, 0.1) is 17.5 Å². The zero-order valence-electron chi connectivity index (χ0n) is 9.82. The predicted octanol–water partition coefficient (Wildman–Crippen LogP) is 2.89. The van der Waals surface area contributed by atoms with Crippen LogP contribution in [-0.4, -0.2) is 17.8 Å². The molecule has 1 saturated carbocycles. The highest BCUT2D eigenvalue weighted by Gasteiger charge is 2.19. The molecule has 1 aromatic carbocycles. The minimum atomic E-state index is -0.0949. The monoisotopic (exact) mass is 254 g/mol. The van der Waals surface area contributed by atoms with Crippen molar-refractivity contribution in [2.45, 2.75) is 31.8 Å². The maximum atomic E-state index is 9.43. The molecule has 0 aliphatic heterocycles. The lowest BCUT2D eigenvalue weighted by molar-refractivity contribution is 0.111. The van der Waals surface area contributed by atoms with Crippen molar-refractivity contribution in [1.82, 2.24) is 0 Å². The van der Waals surface area contributed by atoms with Gasteiger partial charge in [-0.25, -0.2) is 0 Å². The van der Waals surface area contributed by atoms with Crippen molar-refractivity contribution < 1.29 is 5.11 Å². The Morgan fingerprint density at radius 2 is 2.00 bits per heavy atom. The Morgan fingerprint density at radius 3 is 2.71 bits per heavy atom. The molecule has 94 valence electrons. The quantitative estimate of drug-likeness (QED) is 0.727. The van der Waals surface area contributed by atoms with Crippen molar-refractivity contribution in [2.24, 2.45) is 5.92 Å². The van der Waals surface area contributed by atoms with Crippen LogP contribution < -0.4 is 11.1 Å². The molecule has 4 heteroatoms. The van der Waals surface area contributed by atoms with Crippen molar-refractivity contribution in [3.8, 4) is 0 Å². The van der Waals surface area contributed by atoms with Gasteiger partial charge in [0.15, 0.2) is 0 Å². The number of halogens is 1. The van der Waals surface area contributed by atoms with E-state index >= 15 is 0 Å². The number of hydrogen-bond acceptors (Lipinski definition) is 3. The van der Waals surface area contributed by atoms with Gasteiger partial charge in [0.2, 0.25) is 0 Å². The lowest BCUT2D eigenvalue weighted by Crippen LogP contribution is -2.23. The van der Waals surface area contributed by atoms with Crippen molar-refractivity contribution in [2.75, 3.05) is 17.6 Å². The van der Waals surface area contributed by atoms with Gasteiger partial charge in [-0.05, 0) is 49.8 Å². The second kappa shape index (κ2) is 5.61. The Balaban J connectivity index is 1.87. The topological polar surface area (TPSA) is 58.3 Å². The summed E-state index contributed by atoms with van der Waals surface area (Å²) >= 11 is 5.93. The molecule has 3 nitrogen and oxygen atoms in total.